The zero-order valence-electron chi connectivity index (χ0n) is 20.4. The Balaban J connectivity index is 1.61. The lowest BCUT2D eigenvalue weighted by molar-refractivity contribution is -0.139. The Morgan fingerprint density at radius 1 is 1.24 bits per heavy atom. The first kappa shape index (κ1) is 24.2. The second-order valence-corrected chi connectivity index (χ2v) is 9.31. The van der Waals surface area contributed by atoms with Crippen LogP contribution >= 0.6 is 0 Å². The minimum absolute atomic E-state index is 0.228. The maximum Gasteiger partial charge on any atom is 0.309 e. The molecule has 0 spiro atoms. The summed E-state index contributed by atoms with van der Waals surface area (Å²) in [5.74, 6) is 0.974. The summed E-state index contributed by atoms with van der Waals surface area (Å²) in [6.07, 6.45) is 3.50. The average molecular weight is 463 g/mol. The third-order valence-electron chi connectivity index (χ3n) is 6.79. The summed E-state index contributed by atoms with van der Waals surface area (Å²) in [5.41, 5.74) is 4.57. The van der Waals surface area contributed by atoms with E-state index in [-0.39, 0.29) is 12.4 Å². The van der Waals surface area contributed by atoms with E-state index < -0.39 is 0 Å². The lowest BCUT2D eigenvalue weighted by Crippen LogP contribution is -2.52. The number of hydrogen-bond acceptors (Lipinski definition) is 7. The van der Waals surface area contributed by atoms with Crippen LogP contribution in [0.1, 0.15) is 48.9 Å². The molecule has 1 aromatic heterocycles. The van der Waals surface area contributed by atoms with Crippen molar-refractivity contribution in [2.75, 3.05) is 51.9 Å². The topological polar surface area (TPSA) is 78.7 Å². The van der Waals surface area contributed by atoms with Crippen LogP contribution in [0.4, 0.5) is 5.82 Å². The predicted molar refractivity (Wildman–Crippen MR) is 132 cm³/mol. The Kier molecular flexibility index (Phi) is 7.81. The van der Waals surface area contributed by atoms with Crippen molar-refractivity contribution in [1.82, 2.24) is 9.88 Å². The van der Waals surface area contributed by atoms with Gasteiger partial charge in [-0.15, -0.1) is 0 Å². The van der Waals surface area contributed by atoms with Crippen LogP contribution in [0.25, 0.3) is 11.1 Å². The highest BCUT2D eigenvalue weighted by atomic mass is 16.5. The first-order chi connectivity index (χ1) is 16.5. The van der Waals surface area contributed by atoms with Crippen molar-refractivity contribution in [3.63, 3.8) is 0 Å². The molecular formula is C27H34N4O3. The van der Waals surface area contributed by atoms with Gasteiger partial charge in [-0.1, -0.05) is 24.3 Å². The van der Waals surface area contributed by atoms with Crippen LogP contribution in [-0.2, 0) is 20.7 Å². The number of methoxy groups -OCH3 is 2. The fraction of sp³-hybridized carbons (Fsp3) is 0.519. The summed E-state index contributed by atoms with van der Waals surface area (Å²) in [6, 6.07) is 12.7. The first-order valence-corrected chi connectivity index (χ1v) is 12.1. The van der Waals surface area contributed by atoms with Crippen LogP contribution in [0.15, 0.2) is 30.3 Å². The SMILES string of the molecule is COCCCN1CCN(c2nc(C3CC3)c(-c3cccc(CC(=O)OC)c3)cc2C#N)CC1C. The van der Waals surface area contributed by atoms with Gasteiger partial charge in [0.25, 0.3) is 0 Å². The molecule has 1 aliphatic carbocycles. The normalized spacial score (nSPS) is 18.5. The van der Waals surface area contributed by atoms with Crippen molar-refractivity contribution in [1.29, 1.82) is 5.26 Å². The molecule has 1 aliphatic heterocycles. The lowest BCUT2D eigenvalue weighted by atomic mass is 9.97. The predicted octanol–water partition coefficient (Wildman–Crippen LogP) is 3.76. The molecule has 1 atom stereocenters. The van der Waals surface area contributed by atoms with Crippen molar-refractivity contribution in [2.24, 2.45) is 0 Å². The summed E-state index contributed by atoms with van der Waals surface area (Å²) in [6.45, 7) is 6.71. The van der Waals surface area contributed by atoms with Gasteiger partial charge in [0.1, 0.15) is 11.9 Å². The van der Waals surface area contributed by atoms with E-state index in [9.17, 15) is 10.1 Å². The Morgan fingerprint density at radius 3 is 2.74 bits per heavy atom. The van der Waals surface area contributed by atoms with Gasteiger partial charge in [0.2, 0.25) is 0 Å². The second-order valence-electron chi connectivity index (χ2n) is 9.31. The molecule has 7 nitrogen and oxygen atoms in total. The monoisotopic (exact) mass is 462 g/mol. The molecule has 180 valence electrons. The Labute approximate surface area is 202 Å². The van der Waals surface area contributed by atoms with E-state index in [4.69, 9.17) is 14.5 Å². The van der Waals surface area contributed by atoms with Crippen LogP contribution in [0, 0.1) is 11.3 Å². The molecule has 1 unspecified atom stereocenters. The van der Waals surface area contributed by atoms with E-state index in [1.54, 1.807) is 7.11 Å². The molecule has 1 saturated carbocycles. The second kappa shape index (κ2) is 11.0. The van der Waals surface area contributed by atoms with Gasteiger partial charge in [-0.25, -0.2) is 4.98 Å². The number of aromatic nitrogens is 1. The zero-order chi connectivity index (χ0) is 24.1. The van der Waals surface area contributed by atoms with Crippen molar-refractivity contribution >= 4 is 11.8 Å². The molecule has 0 bridgehead atoms. The van der Waals surface area contributed by atoms with E-state index in [1.807, 2.05) is 30.3 Å². The number of ether oxygens (including phenoxy) is 2. The number of piperazine rings is 1. The summed E-state index contributed by atoms with van der Waals surface area (Å²) in [5, 5.41) is 10.0. The fourth-order valence-corrected chi connectivity index (χ4v) is 4.76. The Hall–Kier alpha value is -2.95. The molecule has 7 heteroatoms. The summed E-state index contributed by atoms with van der Waals surface area (Å²) in [4.78, 5) is 21.7. The molecule has 1 aromatic carbocycles. The number of pyridine rings is 1. The number of carbonyl (C=O) groups excluding carboxylic acids is 1. The van der Waals surface area contributed by atoms with E-state index >= 15 is 0 Å². The molecule has 34 heavy (non-hydrogen) atoms. The molecule has 1 saturated heterocycles. The van der Waals surface area contributed by atoms with Crippen LogP contribution in [0.2, 0.25) is 0 Å². The molecule has 0 N–H and O–H groups in total. The van der Waals surface area contributed by atoms with Crippen molar-refractivity contribution in [2.45, 2.75) is 44.6 Å². The molecule has 0 radical (unpaired) electrons. The van der Waals surface area contributed by atoms with Crippen LogP contribution in [-0.4, -0.2) is 68.9 Å². The van der Waals surface area contributed by atoms with E-state index in [1.165, 1.54) is 7.11 Å². The van der Waals surface area contributed by atoms with Gasteiger partial charge in [0, 0.05) is 57.4 Å². The zero-order valence-corrected chi connectivity index (χ0v) is 20.4. The summed E-state index contributed by atoms with van der Waals surface area (Å²) < 4.78 is 10.0. The van der Waals surface area contributed by atoms with Gasteiger partial charge >= 0.3 is 5.97 Å². The first-order valence-electron chi connectivity index (χ1n) is 12.1. The van der Waals surface area contributed by atoms with Crippen LogP contribution in [0.3, 0.4) is 0 Å². The number of esters is 1. The highest BCUT2D eigenvalue weighted by molar-refractivity contribution is 5.76. The fourth-order valence-electron chi connectivity index (χ4n) is 4.76. The quantitative estimate of drug-likeness (QED) is 0.415. The van der Waals surface area contributed by atoms with Gasteiger partial charge < -0.3 is 14.4 Å². The van der Waals surface area contributed by atoms with Crippen LogP contribution < -0.4 is 4.90 Å². The van der Waals surface area contributed by atoms with E-state index in [0.717, 1.165) is 80.3 Å². The largest absolute Gasteiger partial charge is 0.469 e. The van der Waals surface area contributed by atoms with Gasteiger partial charge in [0.15, 0.2) is 0 Å². The lowest BCUT2D eigenvalue weighted by Gasteiger charge is -2.40. The van der Waals surface area contributed by atoms with Gasteiger partial charge in [-0.05, 0) is 43.4 Å². The molecule has 0 amide bonds. The smallest absolute Gasteiger partial charge is 0.309 e. The summed E-state index contributed by atoms with van der Waals surface area (Å²) in [7, 11) is 3.15. The minimum Gasteiger partial charge on any atom is -0.469 e. The summed E-state index contributed by atoms with van der Waals surface area (Å²) >= 11 is 0. The van der Waals surface area contributed by atoms with E-state index in [2.05, 4.69) is 22.8 Å². The van der Waals surface area contributed by atoms with Crippen LogP contribution in [0.5, 0.6) is 0 Å². The average Bonchev–Trinajstić information content (AvgIpc) is 3.70. The number of carbonyl (C=O) groups is 1. The molecule has 2 heterocycles. The highest BCUT2D eigenvalue weighted by Gasteiger charge is 2.32. The third kappa shape index (κ3) is 5.57. The van der Waals surface area contributed by atoms with Crippen molar-refractivity contribution in [3.05, 3.63) is 47.2 Å². The number of rotatable bonds is 9. The maximum atomic E-state index is 11.8. The minimum atomic E-state index is -0.263. The van der Waals surface area contributed by atoms with Gasteiger partial charge in [-0.2, -0.15) is 5.26 Å². The Bertz CT molecular complexity index is 1060. The standard InChI is InChI=1S/C27H34N4O3/c1-19-18-31(12-11-30(19)10-5-13-33-2)27-23(17-28)16-24(26(29-27)21-8-9-21)22-7-4-6-20(14-22)15-25(32)34-3/h4,6-7,14,16,19,21H,5,8-13,15,18H2,1-3H3. The molecular weight excluding hydrogens is 428 g/mol. The van der Waals surface area contributed by atoms with Crippen molar-refractivity contribution < 1.29 is 14.3 Å². The third-order valence-corrected chi connectivity index (χ3v) is 6.79. The molecule has 2 fully saturated rings. The highest BCUT2D eigenvalue weighted by Crippen LogP contribution is 2.45. The Morgan fingerprint density at radius 2 is 2.06 bits per heavy atom. The van der Waals surface area contributed by atoms with Crippen molar-refractivity contribution in [3.8, 4) is 17.2 Å². The number of nitriles is 1. The molecule has 2 aromatic rings. The maximum absolute atomic E-state index is 11.8. The molecule has 4 rings (SSSR count). The number of benzene rings is 1. The number of anilines is 1. The van der Waals surface area contributed by atoms with E-state index in [0.29, 0.717) is 17.5 Å². The molecule has 2 aliphatic rings. The number of hydrogen-bond donors (Lipinski definition) is 0. The van der Waals surface area contributed by atoms with Gasteiger partial charge in [0.05, 0.1) is 24.8 Å². The van der Waals surface area contributed by atoms with Gasteiger partial charge in [-0.3, -0.25) is 9.69 Å². The number of nitrogens with zero attached hydrogens (tertiary/aromatic N) is 4.